The van der Waals surface area contributed by atoms with E-state index in [1.54, 1.807) is 12.1 Å². The van der Waals surface area contributed by atoms with Crippen molar-refractivity contribution in [3.05, 3.63) is 80.8 Å². The summed E-state index contributed by atoms with van der Waals surface area (Å²) in [6, 6.07) is 15.1. The highest BCUT2D eigenvalue weighted by Gasteiger charge is 2.53. The first kappa shape index (κ1) is 18.9. The Hall–Kier alpha value is -2.44. The second-order valence-corrected chi connectivity index (χ2v) is 8.45. The molecule has 1 saturated heterocycles. The third kappa shape index (κ3) is 3.07. The first-order valence-electron chi connectivity index (χ1n) is 9.61. The molecular formula is C22H24BNO4. The Bertz CT molecular complexity index is 947. The fraction of sp³-hybridized carbons (Fsp3) is 0.364. The molecule has 1 aliphatic carbocycles. The van der Waals surface area contributed by atoms with Gasteiger partial charge in [-0.05, 0) is 80.4 Å². The number of nitrogens with zero attached hydrogens (tertiary/aromatic N) is 1. The van der Waals surface area contributed by atoms with Crippen molar-refractivity contribution in [2.24, 2.45) is 0 Å². The fourth-order valence-corrected chi connectivity index (χ4v) is 3.86. The molecule has 1 heterocycles. The molecule has 28 heavy (non-hydrogen) atoms. The summed E-state index contributed by atoms with van der Waals surface area (Å²) in [5, 5.41) is 11.1. The minimum atomic E-state index is -0.427. The number of rotatable bonds is 3. The van der Waals surface area contributed by atoms with E-state index >= 15 is 0 Å². The molecule has 2 aromatic rings. The van der Waals surface area contributed by atoms with Crippen LogP contribution in [0.15, 0.2) is 54.0 Å². The summed E-state index contributed by atoms with van der Waals surface area (Å²) in [5.74, 6) is 0. The van der Waals surface area contributed by atoms with Gasteiger partial charge in [0.1, 0.15) is 0 Å². The van der Waals surface area contributed by atoms with Crippen molar-refractivity contribution in [1.82, 2.24) is 0 Å². The van der Waals surface area contributed by atoms with Gasteiger partial charge >= 0.3 is 7.12 Å². The normalized spacial score (nSPS) is 20.2. The Kier molecular flexibility index (Phi) is 4.44. The standard InChI is InChI=1S/C22H24BNO4/c1-21(2)22(3,4)28-23(27-21)19-14-11-15-7-5-6-8-18(15)20(19)16-9-12-17(13-10-16)24(25)26/h5-10,12-13H,11,14H2,1-4H3. The molecule has 4 rings (SSSR count). The number of nitro groups is 1. The molecule has 0 aromatic heterocycles. The Morgan fingerprint density at radius 1 is 0.929 bits per heavy atom. The van der Waals surface area contributed by atoms with Gasteiger partial charge in [0.2, 0.25) is 0 Å². The Balaban J connectivity index is 1.86. The number of hydrogen-bond acceptors (Lipinski definition) is 4. The smallest absolute Gasteiger partial charge is 0.400 e. The molecule has 0 unspecified atom stereocenters. The van der Waals surface area contributed by atoms with Gasteiger partial charge in [-0.25, -0.2) is 0 Å². The highest BCUT2D eigenvalue weighted by Crippen LogP contribution is 2.44. The lowest BCUT2D eigenvalue weighted by molar-refractivity contribution is -0.384. The number of nitro benzene ring substituents is 1. The number of allylic oxidation sites excluding steroid dienone is 1. The predicted molar refractivity (Wildman–Crippen MR) is 110 cm³/mol. The van der Waals surface area contributed by atoms with Gasteiger partial charge in [-0.3, -0.25) is 10.1 Å². The van der Waals surface area contributed by atoms with Crippen molar-refractivity contribution in [1.29, 1.82) is 0 Å². The Morgan fingerprint density at radius 2 is 1.54 bits per heavy atom. The molecule has 5 nitrogen and oxygen atoms in total. The van der Waals surface area contributed by atoms with Gasteiger partial charge in [0, 0.05) is 12.1 Å². The quantitative estimate of drug-likeness (QED) is 0.430. The summed E-state index contributed by atoms with van der Waals surface area (Å²) < 4.78 is 12.7. The van der Waals surface area contributed by atoms with Crippen LogP contribution < -0.4 is 0 Å². The number of aryl methyl sites for hydroxylation is 1. The van der Waals surface area contributed by atoms with Gasteiger partial charge < -0.3 is 9.31 Å². The van der Waals surface area contributed by atoms with Gasteiger partial charge in [-0.1, -0.05) is 24.3 Å². The van der Waals surface area contributed by atoms with E-state index in [1.165, 1.54) is 5.56 Å². The van der Waals surface area contributed by atoms with Crippen LogP contribution in [0.5, 0.6) is 0 Å². The molecule has 0 bridgehead atoms. The molecule has 2 aliphatic rings. The molecule has 6 heteroatoms. The summed E-state index contributed by atoms with van der Waals surface area (Å²) >= 11 is 0. The monoisotopic (exact) mass is 377 g/mol. The van der Waals surface area contributed by atoms with Crippen LogP contribution >= 0.6 is 0 Å². The molecule has 1 fully saturated rings. The van der Waals surface area contributed by atoms with E-state index in [0.29, 0.717) is 0 Å². The van der Waals surface area contributed by atoms with Crippen LogP contribution in [0.1, 0.15) is 50.8 Å². The molecule has 1 aliphatic heterocycles. The Labute approximate surface area is 165 Å². The second kappa shape index (κ2) is 6.57. The van der Waals surface area contributed by atoms with E-state index in [4.69, 9.17) is 9.31 Å². The maximum atomic E-state index is 11.1. The zero-order chi connectivity index (χ0) is 20.1. The van der Waals surface area contributed by atoms with Crippen LogP contribution in [-0.4, -0.2) is 23.2 Å². The van der Waals surface area contributed by atoms with Crippen molar-refractivity contribution in [2.75, 3.05) is 0 Å². The molecule has 0 atom stereocenters. The van der Waals surface area contributed by atoms with Gasteiger partial charge in [0.15, 0.2) is 0 Å². The van der Waals surface area contributed by atoms with Gasteiger partial charge in [0.25, 0.3) is 5.69 Å². The molecule has 0 saturated carbocycles. The molecule has 0 amide bonds. The first-order valence-corrected chi connectivity index (χ1v) is 9.61. The van der Waals surface area contributed by atoms with Crippen LogP contribution in [0.2, 0.25) is 0 Å². The first-order chi connectivity index (χ1) is 13.2. The average molecular weight is 377 g/mol. The summed E-state index contributed by atoms with van der Waals surface area (Å²) in [4.78, 5) is 10.7. The summed E-state index contributed by atoms with van der Waals surface area (Å²) in [5.41, 5.74) is 4.79. The molecule has 0 N–H and O–H groups in total. The lowest BCUT2D eigenvalue weighted by Gasteiger charge is -2.32. The number of benzene rings is 2. The third-order valence-electron chi connectivity index (χ3n) is 6.18. The molecule has 0 spiro atoms. The largest absolute Gasteiger partial charge is 0.491 e. The number of hydrogen-bond donors (Lipinski definition) is 0. The van der Waals surface area contributed by atoms with E-state index < -0.39 is 18.3 Å². The van der Waals surface area contributed by atoms with Gasteiger partial charge in [-0.15, -0.1) is 0 Å². The number of fused-ring (bicyclic) bond motifs is 1. The lowest BCUT2D eigenvalue weighted by atomic mass is 9.66. The minimum Gasteiger partial charge on any atom is -0.400 e. The lowest BCUT2D eigenvalue weighted by Crippen LogP contribution is -2.41. The van der Waals surface area contributed by atoms with Crippen LogP contribution in [0, 0.1) is 10.1 Å². The molecule has 0 radical (unpaired) electrons. The zero-order valence-corrected chi connectivity index (χ0v) is 16.7. The van der Waals surface area contributed by atoms with Gasteiger partial charge in [0.05, 0.1) is 16.1 Å². The summed E-state index contributed by atoms with van der Waals surface area (Å²) in [6.07, 6.45) is 1.76. The van der Waals surface area contributed by atoms with Crippen molar-refractivity contribution in [3.8, 4) is 0 Å². The van der Waals surface area contributed by atoms with Crippen LogP contribution in [0.3, 0.4) is 0 Å². The van der Waals surface area contributed by atoms with Crippen molar-refractivity contribution < 1.29 is 14.2 Å². The van der Waals surface area contributed by atoms with Crippen LogP contribution in [-0.2, 0) is 15.7 Å². The maximum absolute atomic E-state index is 11.1. The van der Waals surface area contributed by atoms with E-state index in [-0.39, 0.29) is 10.6 Å². The fourth-order valence-electron chi connectivity index (χ4n) is 3.86. The van der Waals surface area contributed by atoms with E-state index in [9.17, 15) is 10.1 Å². The molecule has 144 valence electrons. The topological polar surface area (TPSA) is 61.6 Å². The average Bonchev–Trinajstić information content (AvgIpc) is 2.88. The van der Waals surface area contributed by atoms with Crippen molar-refractivity contribution in [3.63, 3.8) is 0 Å². The highest BCUT2D eigenvalue weighted by atomic mass is 16.7. The van der Waals surface area contributed by atoms with Crippen molar-refractivity contribution >= 4 is 18.4 Å². The maximum Gasteiger partial charge on any atom is 0.491 e. The van der Waals surface area contributed by atoms with Gasteiger partial charge in [-0.2, -0.15) is 0 Å². The predicted octanol–water partition coefficient (Wildman–Crippen LogP) is 4.97. The van der Waals surface area contributed by atoms with Crippen LogP contribution in [0.25, 0.3) is 5.57 Å². The summed E-state index contributed by atoms with van der Waals surface area (Å²) in [6.45, 7) is 8.21. The molecular weight excluding hydrogens is 353 g/mol. The SMILES string of the molecule is CC1(C)OB(C2=C(c3ccc([N+](=O)[O-])cc3)c3ccccc3CC2)OC1(C)C. The highest BCUT2D eigenvalue weighted by molar-refractivity contribution is 6.56. The van der Waals surface area contributed by atoms with Crippen LogP contribution in [0.4, 0.5) is 5.69 Å². The zero-order valence-electron chi connectivity index (χ0n) is 16.7. The summed E-state index contributed by atoms with van der Waals surface area (Å²) in [7, 11) is -0.427. The Morgan fingerprint density at radius 3 is 2.14 bits per heavy atom. The second-order valence-electron chi connectivity index (χ2n) is 8.45. The van der Waals surface area contributed by atoms with E-state index in [0.717, 1.165) is 35.0 Å². The van der Waals surface area contributed by atoms with Crippen molar-refractivity contribution in [2.45, 2.75) is 51.7 Å². The third-order valence-corrected chi connectivity index (χ3v) is 6.18. The minimum absolute atomic E-state index is 0.0885. The molecule has 2 aromatic carbocycles. The van der Waals surface area contributed by atoms with E-state index in [1.807, 2.05) is 24.3 Å². The van der Waals surface area contributed by atoms with E-state index in [2.05, 4.69) is 39.8 Å². The number of non-ortho nitro benzene ring substituents is 1.